The van der Waals surface area contributed by atoms with E-state index in [1.165, 1.54) is 6.04 Å². The summed E-state index contributed by atoms with van der Waals surface area (Å²) in [4.78, 5) is 0. The standard InChI is InChI=1S/C5H10Si/c1-2-3-6-4-5-6/h2,6H,1,3-5H2. The van der Waals surface area contributed by atoms with E-state index in [0.29, 0.717) is 0 Å². The molecule has 0 N–H and O–H groups in total. The summed E-state index contributed by atoms with van der Waals surface area (Å²) in [5, 5.41) is 0. The SMILES string of the molecule is C=CC[SiH]1CC1. The van der Waals surface area contributed by atoms with Gasteiger partial charge in [0, 0.05) is 8.80 Å². The first-order chi connectivity index (χ1) is 2.93. The van der Waals surface area contributed by atoms with Gasteiger partial charge < -0.3 is 0 Å². The third-order valence-electron chi connectivity index (χ3n) is 1.20. The Kier molecular flexibility index (Phi) is 1.10. The van der Waals surface area contributed by atoms with Crippen LogP contribution in [0.5, 0.6) is 0 Å². The van der Waals surface area contributed by atoms with E-state index in [1.807, 2.05) is 0 Å². The van der Waals surface area contributed by atoms with Gasteiger partial charge in [-0.05, 0) is 6.04 Å². The van der Waals surface area contributed by atoms with E-state index in [2.05, 4.69) is 12.7 Å². The van der Waals surface area contributed by atoms with E-state index >= 15 is 0 Å². The summed E-state index contributed by atoms with van der Waals surface area (Å²) in [6, 6.07) is 4.57. The molecule has 6 heavy (non-hydrogen) atoms. The molecular formula is C5H10Si. The summed E-state index contributed by atoms with van der Waals surface area (Å²) >= 11 is 0. The smallest absolute Gasteiger partial charge is 0.0400 e. The Bertz CT molecular complexity index is 55.0. The minimum atomic E-state index is -0.0386. The summed E-state index contributed by atoms with van der Waals surface area (Å²) in [6.45, 7) is 3.68. The fourth-order valence-electron chi connectivity index (χ4n) is 0.589. The molecule has 0 unspecified atom stereocenters. The summed E-state index contributed by atoms with van der Waals surface area (Å²) in [6.07, 6.45) is 2.07. The molecule has 1 heterocycles. The Morgan fingerprint density at radius 3 is 2.50 bits per heavy atom. The summed E-state index contributed by atoms with van der Waals surface area (Å²) in [5.74, 6) is 0. The van der Waals surface area contributed by atoms with Crippen LogP contribution in [0.15, 0.2) is 12.7 Å². The monoisotopic (exact) mass is 98.1 g/mol. The van der Waals surface area contributed by atoms with Crippen LogP contribution in [0.2, 0.25) is 18.1 Å². The zero-order valence-electron chi connectivity index (χ0n) is 3.98. The van der Waals surface area contributed by atoms with Gasteiger partial charge >= 0.3 is 0 Å². The Balaban J connectivity index is 2.00. The predicted molar refractivity (Wildman–Crippen MR) is 31.8 cm³/mol. The van der Waals surface area contributed by atoms with Crippen molar-refractivity contribution in [2.24, 2.45) is 0 Å². The van der Waals surface area contributed by atoms with E-state index in [1.54, 1.807) is 12.1 Å². The van der Waals surface area contributed by atoms with Crippen molar-refractivity contribution in [1.82, 2.24) is 0 Å². The van der Waals surface area contributed by atoms with Crippen LogP contribution < -0.4 is 0 Å². The molecule has 0 aromatic carbocycles. The second kappa shape index (κ2) is 1.60. The van der Waals surface area contributed by atoms with E-state index in [4.69, 9.17) is 0 Å². The highest BCUT2D eigenvalue weighted by Gasteiger charge is 2.20. The second-order valence-electron chi connectivity index (χ2n) is 1.97. The van der Waals surface area contributed by atoms with Crippen molar-refractivity contribution in [1.29, 1.82) is 0 Å². The fraction of sp³-hybridized carbons (Fsp3) is 0.600. The van der Waals surface area contributed by atoms with Gasteiger partial charge in [-0.1, -0.05) is 18.2 Å². The van der Waals surface area contributed by atoms with Gasteiger partial charge in [0.15, 0.2) is 0 Å². The van der Waals surface area contributed by atoms with Crippen LogP contribution in [-0.4, -0.2) is 8.80 Å². The molecule has 0 amide bonds. The van der Waals surface area contributed by atoms with Crippen molar-refractivity contribution in [2.75, 3.05) is 0 Å². The molecule has 0 nitrogen and oxygen atoms in total. The van der Waals surface area contributed by atoms with E-state index < -0.39 is 0 Å². The average molecular weight is 98.2 g/mol. The Hall–Kier alpha value is -0.0431. The second-order valence-corrected chi connectivity index (χ2v) is 5.33. The quantitative estimate of drug-likeness (QED) is 0.362. The van der Waals surface area contributed by atoms with Crippen molar-refractivity contribution in [3.05, 3.63) is 12.7 Å². The summed E-state index contributed by atoms with van der Waals surface area (Å²) in [7, 11) is -0.0386. The highest BCUT2D eigenvalue weighted by molar-refractivity contribution is 6.69. The predicted octanol–water partition coefficient (Wildman–Crippen LogP) is 1.41. The van der Waals surface area contributed by atoms with Crippen molar-refractivity contribution in [3.8, 4) is 0 Å². The average Bonchev–Trinajstić information content (AvgIpc) is 2.21. The maximum atomic E-state index is 3.68. The van der Waals surface area contributed by atoms with Crippen molar-refractivity contribution in [3.63, 3.8) is 0 Å². The minimum Gasteiger partial charge on any atom is -0.103 e. The molecule has 1 aliphatic heterocycles. The first-order valence-corrected chi connectivity index (χ1v) is 4.99. The number of hydrogen-bond donors (Lipinski definition) is 0. The molecule has 0 aromatic rings. The van der Waals surface area contributed by atoms with Crippen LogP contribution in [0.1, 0.15) is 0 Å². The first kappa shape index (κ1) is 4.12. The topological polar surface area (TPSA) is 0 Å². The zero-order chi connectivity index (χ0) is 4.41. The lowest BCUT2D eigenvalue weighted by Crippen LogP contribution is -1.77. The molecule has 1 heteroatoms. The highest BCUT2D eigenvalue weighted by atomic mass is 28.3. The van der Waals surface area contributed by atoms with Gasteiger partial charge in [-0.25, -0.2) is 0 Å². The number of allylic oxidation sites excluding steroid dienone is 1. The molecule has 0 bridgehead atoms. The molecule has 0 aliphatic carbocycles. The van der Waals surface area contributed by atoms with Crippen molar-refractivity contribution >= 4 is 8.80 Å². The minimum absolute atomic E-state index is 0.0386. The summed E-state index contributed by atoms with van der Waals surface area (Å²) < 4.78 is 0. The van der Waals surface area contributed by atoms with Crippen LogP contribution in [0.25, 0.3) is 0 Å². The van der Waals surface area contributed by atoms with E-state index in [0.717, 1.165) is 0 Å². The molecule has 0 aromatic heterocycles. The molecule has 1 aliphatic rings. The van der Waals surface area contributed by atoms with Crippen molar-refractivity contribution in [2.45, 2.75) is 18.1 Å². The molecule has 1 rings (SSSR count). The molecule has 34 valence electrons. The van der Waals surface area contributed by atoms with Gasteiger partial charge in [-0.3, -0.25) is 0 Å². The molecule has 1 saturated heterocycles. The maximum absolute atomic E-state index is 3.68. The molecule has 1 fully saturated rings. The van der Waals surface area contributed by atoms with Crippen molar-refractivity contribution < 1.29 is 0 Å². The van der Waals surface area contributed by atoms with Crippen LogP contribution in [0.4, 0.5) is 0 Å². The first-order valence-electron chi connectivity index (χ1n) is 2.54. The van der Waals surface area contributed by atoms with Gasteiger partial charge in [0.25, 0.3) is 0 Å². The Morgan fingerprint density at radius 2 is 2.33 bits per heavy atom. The van der Waals surface area contributed by atoms with Gasteiger partial charge in [-0.15, -0.1) is 6.58 Å². The third-order valence-corrected chi connectivity index (χ3v) is 3.59. The maximum Gasteiger partial charge on any atom is 0.0400 e. The van der Waals surface area contributed by atoms with Crippen LogP contribution >= 0.6 is 0 Å². The lowest BCUT2D eigenvalue weighted by atomic mass is 10.8. The lowest BCUT2D eigenvalue weighted by molar-refractivity contribution is 1.69. The molecule has 0 spiro atoms. The largest absolute Gasteiger partial charge is 0.103 e. The van der Waals surface area contributed by atoms with E-state index in [9.17, 15) is 0 Å². The van der Waals surface area contributed by atoms with Crippen LogP contribution in [0.3, 0.4) is 0 Å². The van der Waals surface area contributed by atoms with Gasteiger partial charge in [-0.2, -0.15) is 0 Å². The Labute approximate surface area is 40.5 Å². The normalized spacial score (nSPS) is 20.7. The van der Waals surface area contributed by atoms with Gasteiger partial charge in [0.05, 0.1) is 0 Å². The van der Waals surface area contributed by atoms with Crippen LogP contribution in [-0.2, 0) is 0 Å². The van der Waals surface area contributed by atoms with E-state index in [-0.39, 0.29) is 8.80 Å². The van der Waals surface area contributed by atoms with Crippen LogP contribution in [0, 0.1) is 0 Å². The molecule has 0 saturated carbocycles. The zero-order valence-corrected chi connectivity index (χ0v) is 5.14. The third kappa shape index (κ3) is 0.975. The van der Waals surface area contributed by atoms with Gasteiger partial charge in [0.1, 0.15) is 0 Å². The van der Waals surface area contributed by atoms with Gasteiger partial charge in [0.2, 0.25) is 0 Å². The fourth-order valence-corrected chi connectivity index (χ4v) is 2.47. The molecule has 0 radical (unpaired) electrons. The molecular weight excluding hydrogens is 88.1 g/mol. The molecule has 0 atom stereocenters. The highest BCUT2D eigenvalue weighted by Crippen LogP contribution is 2.24. The number of rotatable bonds is 2. The lowest BCUT2D eigenvalue weighted by Gasteiger charge is -1.74. The summed E-state index contributed by atoms with van der Waals surface area (Å²) in [5.41, 5.74) is 0. The number of hydrogen-bond acceptors (Lipinski definition) is 0. The Morgan fingerprint density at radius 1 is 1.67 bits per heavy atom.